The number of hydrogen-bond donors (Lipinski definition) is 17. The fourth-order valence-electron chi connectivity index (χ4n) is 7.54. The number of guanidine groups is 1. The first-order chi connectivity index (χ1) is 37.6. The average Bonchev–Trinajstić information content (AvgIpc) is 3.38. The Labute approximate surface area is 473 Å². The number of unbranched alkanes of at least 4 members (excludes halogenated alkanes) is 1. The lowest BCUT2D eigenvalue weighted by atomic mass is 10.0. The van der Waals surface area contributed by atoms with E-state index in [1.165, 1.54) is 54.7 Å². The van der Waals surface area contributed by atoms with Crippen LogP contribution in [-0.2, 0) is 59.2 Å². The summed E-state index contributed by atoms with van der Waals surface area (Å²) in [6, 6.07) is -7.51. The molecule has 0 spiro atoms. The van der Waals surface area contributed by atoms with E-state index in [-0.39, 0.29) is 56.8 Å². The van der Waals surface area contributed by atoms with Gasteiger partial charge >= 0.3 is 5.97 Å². The molecule has 1 aromatic carbocycles. The van der Waals surface area contributed by atoms with Gasteiger partial charge in [-0.05, 0) is 112 Å². The highest BCUT2D eigenvalue weighted by molar-refractivity contribution is 7.98. The third kappa shape index (κ3) is 27.8. The van der Waals surface area contributed by atoms with Gasteiger partial charge < -0.3 is 92.3 Å². The number of nitrogens with two attached hydrogens (primary N) is 6. The number of aliphatic imine (C=N–C) groups is 1. The largest absolute Gasteiger partial charge is 0.508 e. The maximum atomic E-state index is 14.3. The number of nitrogens with one attached hydrogen (secondary N) is 8. The van der Waals surface area contributed by atoms with Gasteiger partial charge in [0.05, 0.1) is 18.6 Å². The van der Waals surface area contributed by atoms with Crippen LogP contribution in [-0.4, -0.2) is 184 Å². The molecule has 1 aromatic rings. The van der Waals surface area contributed by atoms with Gasteiger partial charge in [0.2, 0.25) is 59.1 Å². The molecule has 0 fully saturated rings. The van der Waals surface area contributed by atoms with Crippen LogP contribution in [0.4, 0.5) is 0 Å². The fourth-order valence-corrected chi connectivity index (χ4v) is 8.48. The minimum absolute atomic E-state index is 0.00781. The number of carbonyl (C=O) groups excluding carboxylic acids is 10. The fraction of sp³-hybridized carbons (Fsp3) is 0.633. The number of carbonyl (C=O) groups is 11. The molecule has 0 saturated carbocycles. The molecule has 0 aliphatic rings. The van der Waals surface area contributed by atoms with Gasteiger partial charge in [0.25, 0.3) is 0 Å². The molecule has 10 amide bonds. The lowest BCUT2D eigenvalue weighted by Crippen LogP contribution is -2.62. The van der Waals surface area contributed by atoms with E-state index in [0.29, 0.717) is 36.5 Å². The predicted molar refractivity (Wildman–Crippen MR) is 300 cm³/mol. The van der Waals surface area contributed by atoms with Gasteiger partial charge in [-0.25, -0.2) is 4.79 Å². The molecule has 29 nitrogen and oxygen atoms in total. The summed E-state index contributed by atoms with van der Waals surface area (Å²) in [5.74, 6) is -11.0. The first-order valence-electron chi connectivity index (χ1n) is 25.8. The van der Waals surface area contributed by atoms with Gasteiger partial charge in [-0.3, -0.25) is 52.9 Å². The van der Waals surface area contributed by atoms with Gasteiger partial charge in [0.1, 0.15) is 54.1 Å². The number of rotatable bonds is 40. The number of amides is 10. The molecule has 10 atom stereocenters. The van der Waals surface area contributed by atoms with Crippen molar-refractivity contribution in [2.75, 3.05) is 37.1 Å². The lowest BCUT2D eigenvalue weighted by molar-refractivity contribution is -0.143. The van der Waals surface area contributed by atoms with Gasteiger partial charge in [0, 0.05) is 19.4 Å². The zero-order valence-corrected chi connectivity index (χ0v) is 47.5. The van der Waals surface area contributed by atoms with E-state index in [1.54, 1.807) is 26.4 Å². The van der Waals surface area contributed by atoms with Gasteiger partial charge in [-0.2, -0.15) is 23.5 Å². The number of hydrogen-bond acceptors (Lipinski definition) is 18. The number of carboxylic acid groups (broad SMARTS) is 1. The Morgan fingerprint density at radius 1 is 0.550 bits per heavy atom. The van der Waals surface area contributed by atoms with Crippen LogP contribution in [0.2, 0.25) is 0 Å². The van der Waals surface area contributed by atoms with Crippen LogP contribution in [0.15, 0.2) is 29.3 Å². The summed E-state index contributed by atoms with van der Waals surface area (Å²) in [4.78, 5) is 151. The van der Waals surface area contributed by atoms with E-state index in [4.69, 9.17) is 34.4 Å². The number of aliphatic hydroxyl groups excluding tert-OH is 1. The van der Waals surface area contributed by atoms with E-state index in [1.807, 2.05) is 0 Å². The number of primary amides is 2. The highest BCUT2D eigenvalue weighted by Crippen LogP contribution is 2.14. The molecular weight excluding hydrogens is 1090 g/mol. The zero-order valence-electron chi connectivity index (χ0n) is 45.8. The summed E-state index contributed by atoms with van der Waals surface area (Å²) in [5.41, 5.74) is 33.5. The van der Waals surface area contributed by atoms with Crippen LogP contribution in [0.25, 0.3) is 0 Å². The Balaban J connectivity index is 3.64. The molecule has 0 heterocycles. The minimum atomic E-state index is -1.65. The average molecular weight is 1170 g/mol. The number of phenolic OH excluding ortho intramolecular Hbond substituents is 1. The van der Waals surface area contributed by atoms with Crippen molar-refractivity contribution < 1.29 is 68.1 Å². The number of aromatic hydroxyl groups is 1. The van der Waals surface area contributed by atoms with Crippen LogP contribution in [0.1, 0.15) is 90.5 Å². The van der Waals surface area contributed by atoms with Crippen molar-refractivity contribution in [3.05, 3.63) is 29.8 Å². The number of nitrogens with zero attached hydrogens (tertiary/aromatic N) is 1. The first-order valence-corrected chi connectivity index (χ1v) is 28.6. The normalized spacial score (nSPS) is 14.8. The Bertz CT molecular complexity index is 2260. The number of aliphatic hydroxyl groups is 1. The second-order valence-corrected chi connectivity index (χ2v) is 21.1. The molecule has 0 aliphatic heterocycles. The molecule has 0 saturated heterocycles. The van der Waals surface area contributed by atoms with Crippen LogP contribution in [0.5, 0.6) is 5.75 Å². The SMILES string of the molecule is CSCC[C@H](NC(=O)[C@@H](NC(=O)[C@H](CCCN=C(N)N)NC(=O)[C@H](CCC(N)=O)NC(=O)[C@H](Cc1ccc(O)cc1)NC(=O)[C@H](CCSC)NC(=O)[C@@H](N)CC(N)=O)C(C)C)C(=O)N[C@H](C(=O)N[C@@H](CCCCN)C(=O)O)[C@@H](C)O. The molecule has 0 aromatic heterocycles. The molecular formula is C49H83N15O14S2. The zero-order chi connectivity index (χ0) is 60.6. The lowest BCUT2D eigenvalue weighted by Gasteiger charge is -2.29. The van der Waals surface area contributed by atoms with Crippen molar-refractivity contribution in [2.24, 2.45) is 45.3 Å². The van der Waals surface area contributed by atoms with Crippen LogP contribution in [0.3, 0.4) is 0 Å². The summed E-state index contributed by atoms with van der Waals surface area (Å²) in [7, 11) is 0. The monoisotopic (exact) mass is 1170 g/mol. The maximum Gasteiger partial charge on any atom is 0.326 e. The van der Waals surface area contributed by atoms with E-state index < -0.39 is 151 Å². The molecule has 1 rings (SSSR count). The second kappa shape index (κ2) is 37.8. The Morgan fingerprint density at radius 2 is 0.988 bits per heavy atom. The molecule has 0 unspecified atom stereocenters. The third-order valence-electron chi connectivity index (χ3n) is 12.0. The number of aliphatic carboxylic acids is 1. The standard InChI is InChI=1S/C49H83N15O14S2/c1-25(2)38(46(75)60-33(18-22-80-5)44(73)64-39(26(3)65)47(76)61-34(48(77)78)9-6-7-19-50)63-43(72)30(10-8-20-56-49(54)55)58-41(70)31(15-16-36(52)67)59-45(74)35(23-27-11-13-28(66)14-12-27)62-42(71)32(17-21-79-4)57-40(69)29(51)24-37(53)68/h11-14,25-26,29-35,38-39,65-66H,6-10,15-24,50-51H2,1-5H3,(H2,52,67)(H2,53,68)(H,57,69)(H,58,70)(H,59,74)(H,60,75)(H,61,76)(H,62,71)(H,63,72)(H,64,73)(H,77,78)(H4,54,55,56)/t26-,29+,30+,31+,32+,33+,34+,35+,38+,39+/m1/s1. The number of thioether (sulfide) groups is 2. The summed E-state index contributed by atoms with van der Waals surface area (Å²) in [6.45, 7) is 4.62. The number of phenols is 1. The molecule has 80 heavy (non-hydrogen) atoms. The van der Waals surface area contributed by atoms with Gasteiger partial charge in [-0.15, -0.1) is 0 Å². The van der Waals surface area contributed by atoms with Crippen LogP contribution in [0, 0.1) is 5.92 Å². The van der Waals surface area contributed by atoms with Crippen molar-refractivity contribution in [2.45, 2.75) is 152 Å². The Hall–Kier alpha value is -6.96. The minimum Gasteiger partial charge on any atom is -0.508 e. The summed E-state index contributed by atoms with van der Waals surface area (Å²) in [5, 5.41) is 50.3. The van der Waals surface area contributed by atoms with Crippen molar-refractivity contribution in [3.8, 4) is 5.75 Å². The van der Waals surface area contributed by atoms with Crippen LogP contribution >= 0.6 is 23.5 Å². The summed E-state index contributed by atoms with van der Waals surface area (Å²) < 4.78 is 0. The highest BCUT2D eigenvalue weighted by atomic mass is 32.2. The Kier molecular flexibility index (Phi) is 33.6. The molecule has 0 radical (unpaired) electrons. The van der Waals surface area contributed by atoms with Crippen molar-refractivity contribution >= 4 is 94.5 Å². The predicted octanol–water partition coefficient (Wildman–Crippen LogP) is -4.91. The third-order valence-corrected chi connectivity index (χ3v) is 13.3. The smallest absolute Gasteiger partial charge is 0.326 e. The van der Waals surface area contributed by atoms with E-state index in [2.05, 4.69) is 47.5 Å². The molecule has 23 N–H and O–H groups in total. The molecule has 0 bridgehead atoms. The quantitative estimate of drug-likeness (QED) is 0.0166. The molecule has 31 heteroatoms. The van der Waals surface area contributed by atoms with Crippen molar-refractivity contribution in [1.82, 2.24) is 42.5 Å². The topological polar surface area (TPSA) is 513 Å². The van der Waals surface area contributed by atoms with E-state index in [9.17, 15) is 68.1 Å². The second-order valence-electron chi connectivity index (χ2n) is 19.1. The van der Waals surface area contributed by atoms with Crippen LogP contribution < -0.4 is 76.9 Å². The first kappa shape index (κ1) is 71.1. The van der Waals surface area contributed by atoms with E-state index >= 15 is 0 Å². The van der Waals surface area contributed by atoms with Gasteiger partial charge in [-0.1, -0.05) is 26.0 Å². The van der Waals surface area contributed by atoms with Gasteiger partial charge in [0.15, 0.2) is 5.96 Å². The molecule has 0 aliphatic carbocycles. The Morgan fingerprint density at radius 3 is 1.46 bits per heavy atom. The van der Waals surface area contributed by atoms with Crippen molar-refractivity contribution in [3.63, 3.8) is 0 Å². The summed E-state index contributed by atoms with van der Waals surface area (Å²) in [6.07, 6.45) is 1.08. The maximum absolute atomic E-state index is 14.3. The highest BCUT2D eigenvalue weighted by Gasteiger charge is 2.37. The summed E-state index contributed by atoms with van der Waals surface area (Å²) >= 11 is 2.66. The van der Waals surface area contributed by atoms with Crippen molar-refractivity contribution in [1.29, 1.82) is 0 Å². The number of benzene rings is 1. The van der Waals surface area contributed by atoms with E-state index in [0.717, 1.165) is 0 Å². The molecule has 450 valence electrons. The number of carboxylic acids is 1.